The first-order valence-corrected chi connectivity index (χ1v) is 10.4. The van der Waals surface area contributed by atoms with Crippen molar-refractivity contribution in [3.63, 3.8) is 0 Å². The topological polar surface area (TPSA) is 135 Å². The maximum absolute atomic E-state index is 12.6. The number of para-hydroxylation sites is 2. The number of esters is 1. The largest absolute Gasteiger partial charge is 0.495 e. The molecule has 0 unspecified atom stereocenters. The van der Waals surface area contributed by atoms with Crippen LogP contribution in [0.5, 0.6) is 5.75 Å². The molecule has 3 aromatic heterocycles. The molecular formula is C23H23N5O6. The van der Waals surface area contributed by atoms with Gasteiger partial charge < -0.3 is 23.8 Å². The molecule has 0 spiro atoms. The van der Waals surface area contributed by atoms with Crippen LogP contribution in [0.1, 0.15) is 39.2 Å². The summed E-state index contributed by atoms with van der Waals surface area (Å²) < 4.78 is 22.6. The van der Waals surface area contributed by atoms with Crippen LogP contribution < -0.4 is 10.1 Å². The lowest BCUT2D eigenvalue weighted by Gasteiger charge is -2.08. The van der Waals surface area contributed by atoms with Crippen LogP contribution in [-0.2, 0) is 22.6 Å². The molecular weight excluding hydrogens is 442 g/mol. The zero-order valence-electron chi connectivity index (χ0n) is 19.1. The Labute approximate surface area is 194 Å². The van der Waals surface area contributed by atoms with Gasteiger partial charge in [0.15, 0.2) is 18.2 Å². The molecule has 1 amide bonds. The third kappa shape index (κ3) is 4.82. The molecule has 0 atom stereocenters. The van der Waals surface area contributed by atoms with E-state index in [9.17, 15) is 9.59 Å². The monoisotopic (exact) mass is 465 g/mol. The van der Waals surface area contributed by atoms with Crippen molar-refractivity contribution < 1.29 is 28.1 Å². The van der Waals surface area contributed by atoms with E-state index in [-0.39, 0.29) is 30.7 Å². The van der Waals surface area contributed by atoms with Gasteiger partial charge in [-0.2, -0.15) is 4.98 Å². The quantitative estimate of drug-likeness (QED) is 0.389. The van der Waals surface area contributed by atoms with Crippen LogP contribution in [0.4, 0.5) is 5.69 Å². The summed E-state index contributed by atoms with van der Waals surface area (Å²) >= 11 is 0. The van der Waals surface area contributed by atoms with Crippen LogP contribution in [0.25, 0.3) is 5.82 Å². The van der Waals surface area contributed by atoms with E-state index in [1.54, 1.807) is 54.8 Å². The van der Waals surface area contributed by atoms with Crippen molar-refractivity contribution >= 4 is 17.6 Å². The number of aromatic nitrogens is 4. The fourth-order valence-corrected chi connectivity index (χ4v) is 3.49. The van der Waals surface area contributed by atoms with Crippen molar-refractivity contribution in [1.82, 2.24) is 19.9 Å². The fraction of sp³-hybridized carbons (Fsp3) is 0.261. The van der Waals surface area contributed by atoms with Gasteiger partial charge in [-0.05, 0) is 39.0 Å². The molecule has 0 saturated heterocycles. The van der Waals surface area contributed by atoms with Crippen LogP contribution in [0.3, 0.4) is 0 Å². The summed E-state index contributed by atoms with van der Waals surface area (Å²) in [5, 5.41) is 10.5. The number of aryl methyl sites for hydroxylation is 2. The normalized spacial score (nSPS) is 10.8. The third-order valence-corrected chi connectivity index (χ3v) is 5.03. The van der Waals surface area contributed by atoms with Crippen LogP contribution in [0, 0.1) is 20.8 Å². The zero-order chi connectivity index (χ0) is 24.2. The number of hydrogen-bond acceptors (Lipinski definition) is 9. The van der Waals surface area contributed by atoms with E-state index in [4.69, 9.17) is 18.5 Å². The van der Waals surface area contributed by atoms with Gasteiger partial charge in [-0.1, -0.05) is 22.4 Å². The van der Waals surface area contributed by atoms with E-state index in [0.29, 0.717) is 34.3 Å². The molecule has 0 aliphatic heterocycles. The summed E-state index contributed by atoms with van der Waals surface area (Å²) in [6.45, 7) is 5.21. The summed E-state index contributed by atoms with van der Waals surface area (Å²) in [7, 11) is 1.52. The van der Waals surface area contributed by atoms with E-state index in [0.717, 1.165) is 5.69 Å². The van der Waals surface area contributed by atoms with Crippen LogP contribution in [0.15, 0.2) is 45.4 Å². The second kappa shape index (κ2) is 9.61. The Balaban J connectivity index is 1.36. The number of carbonyl (C=O) groups is 2. The van der Waals surface area contributed by atoms with Gasteiger partial charge in [0.05, 0.1) is 24.8 Å². The van der Waals surface area contributed by atoms with E-state index in [2.05, 4.69) is 20.6 Å². The number of hydrogen-bond donors (Lipinski definition) is 1. The maximum Gasteiger partial charge on any atom is 0.340 e. The predicted molar refractivity (Wildman–Crippen MR) is 119 cm³/mol. The summed E-state index contributed by atoms with van der Waals surface area (Å²) in [4.78, 5) is 29.1. The highest BCUT2D eigenvalue weighted by Crippen LogP contribution is 2.23. The van der Waals surface area contributed by atoms with E-state index >= 15 is 0 Å². The SMILES string of the molecule is COc1ccccc1NC(=O)Cc1noc(COC(=O)c2cc(C)n(-c3cc(C)on3)c2C)n1. The first-order valence-electron chi connectivity index (χ1n) is 10.4. The number of anilines is 1. The maximum atomic E-state index is 12.6. The minimum Gasteiger partial charge on any atom is -0.495 e. The average molecular weight is 465 g/mol. The minimum absolute atomic E-state index is 0.0781. The molecule has 0 radical (unpaired) electrons. The zero-order valence-corrected chi connectivity index (χ0v) is 19.1. The first kappa shape index (κ1) is 22.8. The molecule has 1 aromatic carbocycles. The lowest BCUT2D eigenvalue weighted by molar-refractivity contribution is -0.115. The number of nitrogens with one attached hydrogen (secondary N) is 1. The number of amides is 1. The average Bonchev–Trinajstić information content (AvgIpc) is 3.51. The number of rotatable bonds is 8. The molecule has 11 nitrogen and oxygen atoms in total. The lowest BCUT2D eigenvalue weighted by Crippen LogP contribution is -2.15. The molecule has 0 fully saturated rings. The standard InChI is InChI=1S/C23H23N5O6/c1-13-9-16(15(3)28(13)20-10-14(2)33-27-20)23(30)32-12-22-25-19(26-34-22)11-21(29)24-17-7-5-6-8-18(17)31-4/h5-10H,11-12H2,1-4H3,(H,24,29). The number of methoxy groups -OCH3 is 1. The van der Waals surface area contributed by atoms with E-state index in [1.165, 1.54) is 7.11 Å². The highest BCUT2D eigenvalue weighted by Gasteiger charge is 2.21. The Morgan fingerprint density at radius 1 is 1.09 bits per heavy atom. The Morgan fingerprint density at radius 3 is 2.62 bits per heavy atom. The van der Waals surface area contributed by atoms with Gasteiger partial charge in [-0.25, -0.2) is 4.79 Å². The summed E-state index contributed by atoms with van der Waals surface area (Å²) in [5.41, 5.74) is 2.38. The Hall–Kier alpha value is -4.41. The summed E-state index contributed by atoms with van der Waals surface area (Å²) in [5.74, 6) is 1.13. The number of benzene rings is 1. The Morgan fingerprint density at radius 2 is 1.88 bits per heavy atom. The fourth-order valence-electron chi connectivity index (χ4n) is 3.49. The van der Waals surface area contributed by atoms with Crippen LogP contribution in [0.2, 0.25) is 0 Å². The van der Waals surface area contributed by atoms with Gasteiger partial charge in [-0.15, -0.1) is 0 Å². The molecule has 0 saturated carbocycles. The summed E-state index contributed by atoms with van der Waals surface area (Å²) in [6.07, 6.45) is -0.117. The highest BCUT2D eigenvalue weighted by atomic mass is 16.6. The van der Waals surface area contributed by atoms with Crippen molar-refractivity contribution in [2.75, 3.05) is 12.4 Å². The molecule has 34 heavy (non-hydrogen) atoms. The molecule has 0 bridgehead atoms. The van der Waals surface area contributed by atoms with Crippen molar-refractivity contribution in [2.24, 2.45) is 0 Å². The first-order chi connectivity index (χ1) is 16.4. The van der Waals surface area contributed by atoms with Gasteiger partial charge >= 0.3 is 5.97 Å². The molecule has 4 aromatic rings. The van der Waals surface area contributed by atoms with Crippen LogP contribution >= 0.6 is 0 Å². The van der Waals surface area contributed by atoms with Gasteiger partial charge in [-0.3, -0.25) is 9.36 Å². The van der Waals surface area contributed by atoms with Crippen molar-refractivity contribution in [2.45, 2.75) is 33.8 Å². The minimum atomic E-state index is -0.548. The lowest BCUT2D eigenvalue weighted by atomic mass is 10.2. The third-order valence-electron chi connectivity index (χ3n) is 5.03. The second-order valence-electron chi connectivity index (χ2n) is 7.52. The molecule has 3 heterocycles. The Bertz CT molecular complexity index is 1340. The smallest absolute Gasteiger partial charge is 0.340 e. The van der Waals surface area contributed by atoms with Crippen LogP contribution in [-0.4, -0.2) is 38.9 Å². The van der Waals surface area contributed by atoms with Gasteiger partial charge in [0.25, 0.3) is 5.89 Å². The molecule has 1 N–H and O–H groups in total. The predicted octanol–water partition coefficient (Wildman–Crippen LogP) is 3.32. The van der Waals surface area contributed by atoms with E-state index < -0.39 is 5.97 Å². The Kier molecular flexibility index (Phi) is 6.44. The van der Waals surface area contributed by atoms with E-state index in [1.807, 2.05) is 6.92 Å². The van der Waals surface area contributed by atoms with Crippen molar-refractivity contribution in [1.29, 1.82) is 0 Å². The highest BCUT2D eigenvalue weighted by molar-refractivity contribution is 5.93. The van der Waals surface area contributed by atoms with Gasteiger partial charge in [0.1, 0.15) is 11.5 Å². The molecule has 176 valence electrons. The van der Waals surface area contributed by atoms with Gasteiger partial charge in [0, 0.05) is 17.5 Å². The van der Waals surface area contributed by atoms with Crippen molar-refractivity contribution in [3.05, 3.63) is 70.8 Å². The molecule has 11 heteroatoms. The number of carbonyl (C=O) groups excluding carboxylic acids is 2. The van der Waals surface area contributed by atoms with Gasteiger partial charge in [0.2, 0.25) is 5.91 Å². The number of nitrogens with zero attached hydrogens (tertiary/aromatic N) is 4. The summed E-state index contributed by atoms with van der Waals surface area (Å²) in [6, 6.07) is 10.5. The second-order valence-corrected chi connectivity index (χ2v) is 7.52. The molecule has 4 rings (SSSR count). The molecule has 0 aliphatic carbocycles. The van der Waals surface area contributed by atoms with Crippen molar-refractivity contribution in [3.8, 4) is 11.6 Å². The number of ether oxygens (including phenoxy) is 2. The molecule has 0 aliphatic rings.